The average molecular weight is 240 g/mol. The molecule has 0 atom stereocenters. The zero-order valence-electron chi connectivity index (χ0n) is 9.87. The topological polar surface area (TPSA) is 72.9 Å². The van der Waals surface area contributed by atoms with Crippen LogP contribution in [0.1, 0.15) is 29.9 Å². The number of nitrogens with two attached hydrogens (primary N) is 1. The molecule has 1 aromatic heterocycles. The standard InChI is InChI=1S/C10H16N4OS/c1-6-7(5-14(4)13-6)8(15)12-10(2,3)9(11)16/h5H,1-4H3,(H2,11,16)(H,12,15). The number of aryl methyl sites for hydroxylation is 2. The molecule has 0 bridgehead atoms. The van der Waals surface area contributed by atoms with Gasteiger partial charge < -0.3 is 11.1 Å². The highest BCUT2D eigenvalue weighted by Gasteiger charge is 2.25. The summed E-state index contributed by atoms with van der Waals surface area (Å²) >= 11 is 4.88. The highest BCUT2D eigenvalue weighted by molar-refractivity contribution is 7.80. The number of nitrogens with one attached hydrogen (secondary N) is 1. The third kappa shape index (κ3) is 2.57. The van der Waals surface area contributed by atoms with Crippen molar-refractivity contribution in [3.63, 3.8) is 0 Å². The number of amides is 1. The Labute approximate surface area is 100 Å². The molecule has 0 aliphatic heterocycles. The van der Waals surface area contributed by atoms with Gasteiger partial charge in [0.25, 0.3) is 5.91 Å². The summed E-state index contributed by atoms with van der Waals surface area (Å²) in [7, 11) is 1.77. The van der Waals surface area contributed by atoms with Gasteiger partial charge in [-0.2, -0.15) is 5.10 Å². The zero-order chi connectivity index (χ0) is 12.5. The first kappa shape index (κ1) is 12.6. The molecule has 0 spiro atoms. The van der Waals surface area contributed by atoms with Crippen LogP contribution >= 0.6 is 12.2 Å². The van der Waals surface area contributed by atoms with E-state index in [-0.39, 0.29) is 10.9 Å². The number of carbonyl (C=O) groups is 1. The van der Waals surface area contributed by atoms with Gasteiger partial charge in [0.15, 0.2) is 0 Å². The lowest BCUT2D eigenvalue weighted by molar-refractivity contribution is 0.0931. The molecule has 0 fully saturated rings. The lowest BCUT2D eigenvalue weighted by atomic mass is 10.1. The molecule has 88 valence electrons. The lowest BCUT2D eigenvalue weighted by Gasteiger charge is -2.24. The van der Waals surface area contributed by atoms with Crippen LogP contribution in [-0.2, 0) is 7.05 Å². The minimum absolute atomic E-state index is 0.219. The summed E-state index contributed by atoms with van der Waals surface area (Å²) in [5.74, 6) is -0.219. The van der Waals surface area contributed by atoms with Crippen molar-refractivity contribution in [1.29, 1.82) is 0 Å². The second-order valence-corrected chi connectivity index (χ2v) is 4.69. The van der Waals surface area contributed by atoms with Gasteiger partial charge in [-0.15, -0.1) is 0 Å². The molecular formula is C10H16N4OS. The molecule has 1 rings (SSSR count). The molecule has 0 saturated carbocycles. The van der Waals surface area contributed by atoms with Crippen LogP contribution in [0, 0.1) is 6.92 Å². The van der Waals surface area contributed by atoms with E-state index >= 15 is 0 Å². The van der Waals surface area contributed by atoms with Crippen molar-refractivity contribution in [2.75, 3.05) is 0 Å². The summed E-state index contributed by atoms with van der Waals surface area (Å²) in [5, 5.41) is 6.87. The first-order chi connectivity index (χ1) is 7.24. The predicted octanol–water partition coefficient (Wildman–Crippen LogP) is 0.523. The molecule has 0 unspecified atom stereocenters. The van der Waals surface area contributed by atoms with Crippen LogP contribution in [0.3, 0.4) is 0 Å². The highest BCUT2D eigenvalue weighted by atomic mass is 32.1. The van der Waals surface area contributed by atoms with E-state index in [0.717, 1.165) is 0 Å². The number of carbonyl (C=O) groups excluding carboxylic acids is 1. The number of aromatic nitrogens is 2. The van der Waals surface area contributed by atoms with E-state index < -0.39 is 5.54 Å². The third-order valence-electron chi connectivity index (χ3n) is 2.30. The molecule has 3 N–H and O–H groups in total. The van der Waals surface area contributed by atoms with Crippen LogP contribution in [0.25, 0.3) is 0 Å². The Kier molecular flexibility index (Phi) is 3.32. The van der Waals surface area contributed by atoms with Crippen LogP contribution < -0.4 is 11.1 Å². The predicted molar refractivity (Wildman–Crippen MR) is 66.3 cm³/mol. The Morgan fingerprint density at radius 2 is 2.19 bits per heavy atom. The lowest BCUT2D eigenvalue weighted by Crippen LogP contribution is -2.52. The molecule has 0 radical (unpaired) electrons. The molecule has 0 saturated heterocycles. The Bertz CT molecular complexity index is 436. The minimum atomic E-state index is -0.700. The van der Waals surface area contributed by atoms with Gasteiger partial charge in [-0.25, -0.2) is 0 Å². The van der Waals surface area contributed by atoms with Gasteiger partial charge >= 0.3 is 0 Å². The van der Waals surface area contributed by atoms with Crippen molar-refractivity contribution >= 4 is 23.1 Å². The second-order valence-electron chi connectivity index (χ2n) is 4.25. The van der Waals surface area contributed by atoms with E-state index in [1.807, 2.05) is 0 Å². The normalized spacial score (nSPS) is 11.2. The SMILES string of the molecule is Cc1nn(C)cc1C(=O)NC(C)(C)C(N)=S. The summed E-state index contributed by atoms with van der Waals surface area (Å²) in [6, 6.07) is 0. The number of rotatable bonds is 3. The Morgan fingerprint density at radius 1 is 1.62 bits per heavy atom. The summed E-state index contributed by atoms with van der Waals surface area (Å²) < 4.78 is 1.60. The van der Waals surface area contributed by atoms with E-state index in [2.05, 4.69) is 10.4 Å². The maximum Gasteiger partial charge on any atom is 0.255 e. The van der Waals surface area contributed by atoms with Gasteiger partial charge in [0, 0.05) is 13.2 Å². The molecule has 6 heteroatoms. The van der Waals surface area contributed by atoms with Crippen LogP contribution in [0.2, 0.25) is 0 Å². The molecule has 0 aromatic carbocycles. The van der Waals surface area contributed by atoms with Crippen molar-refractivity contribution in [1.82, 2.24) is 15.1 Å². The van der Waals surface area contributed by atoms with Gasteiger partial charge in [0.05, 0.1) is 21.8 Å². The van der Waals surface area contributed by atoms with Gasteiger partial charge in [-0.3, -0.25) is 9.48 Å². The van der Waals surface area contributed by atoms with Gasteiger partial charge in [-0.05, 0) is 20.8 Å². The Morgan fingerprint density at radius 3 is 2.56 bits per heavy atom. The van der Waals surface area contributed by atoms with Crippen LogP contribution in [0.15, 0.2) is 6.20 Å². The van der Waals surface area contributed by atoms with Gasteiger partial charge in [0.2, 0.25) is 0 Å². The molecular weight excluding hydrogens is 224 g/mol. The van der Waals surface area contributed by atoms with E-state index in [1.54, 1.807) is 38.7 Å². The maximum atomic E-state index is 11.9. The van der Waals surface area contributed by atoms with Crippen molar-refractivity contribution in [3.05, 3.63) is 17.5 Å². The number of hydrogen-bond donors (Lipinski definition) is 2. The number of thiocarbonyl (C=S) groups is 1. The van der Waals surface area contributed by atoms with E-state index in [9.17, 15) is 4.79 Å². The summed E-state index contributed by atoms with van der Waals surface area (Å²) in [4.78, 5) is 12.2. The van der Waals surface area contributed by atoms with Gasteiger partial charge in [-0.1, -0.05) is 12.2 Å². The Balaban J connectivity index is 2.89. The summed E-state index contributed by atoms with van der Waals surface area (Å²) in [6.07, 6.45) is 1.67. The maximum absolute atomic E-state index is 11.9. The van der Waals surface area contributed by atoms with Crippen molar-refractivity contribution < 1.29 is 4.79 Å². The monoisotopic (exact) mass is 240 g/mol. The Hall–Kier alpha value is -1.43. The van der Waals surface area contributed by atoms with E-state index in [1.165, 1.54) is 0 Å². The van der Waals surface area contributed by atoms with Crippen molar-refractivity contribution in [3.8, 4) is 0 Å². The minimum Gasteiger partial charge on any atom is -0.391 e. The van der Waals surface area contributed by atoms with E-state index in [4.69, 9.17) is 18.0 Å². The first-order valence-corrected chi connectivity index (χ1v) is 5.27. The molecule has 0 aliphatic rings. The summed E-state index contributed by atoms with van der Waals surface area (Å²) in [5.41, 5.74) is 6.05. The van der Waals surface area contributed by atoms with Crippen molar-refractivity contribution in [2.24, 2.45) is 12.8 Å². The molecule has 1 amide bonds. The quantitative estimate of drug-likeness (QED) is 0.756. The third-order valence-corrected chi connectivity index (χ3v) is 2.81. The second kappa shape index (κ2) is 4.21. The average Bonchev–Trinajstić information content (AvgIpc) is 2.44. The highest BCUT2D eigenvalue weighted by Crippen LogP contribution is 2.08. The molecule has 0 aliphatic carbocycles. The zero-order valence-corrected chi connectivity index (χ0v) is 10.7. The largest absolute Gasteiger partial charge is 0.391 e. The first-order valence-electron chi connectivity index (χ1n) is 4.86. The molecule has 1 aromatic rings. The fourth-order valence-corrected chi connectivity index (χ4v) is 1.29. The molecule has 5 nitrogen and oxygen atoms in total. The fourth-order valence-electron chi connectivity index (χ4n) is 1.24. The molecule has 1 heterocycles. The van der Waals surface area contributed by atoms with Gasteiger partial charge in [0.1, 0.15) is 0 Å². The molecule has 16 heavy (non-hydrogen) atoms. The number of nitrogens with zero attached hydrogens (tertiary/aromatic N) is 2. The summed E-state index contributed by atoms with van der Waals surface area (Å²) in [6.45, 7) is 5.31. The number of hydrogen-bond acceptors (Lipinski definition) is 3. The van der Waals surface area contributed by atoms with E-state index in [0.29, 0.717) is 11.3 Å². The van der Waals surface area contributed by atoms with Crippen LogP contribution in [-0.4, -0.2) is 26.2 Å². The van der Waals surface area contributed by atoms with Crippen LogP contribution in [0.5, 0.6) is 0 Å². The van der Waals surface area contributed by atoms with Crippen LogP contribution in [0.4, 0.5) is 0 Å². The fraction of sp³-hybridized carbons (Fsp3) is 0.500. The van der Waals surface area contributed by atoms with Crippen molar-refractivity contribution in [2.45, 2.75) is 26.3 Å². The smallest absolute Gasteiger partial charge is 0.255 e.